The second-order valence-corrected chi connectivity index (χ2v) is 3.93. The maximum atomic E-state index is 4.29. The highest BCUT2D eigenvalue weighted by atomic mass is 32.1. The Bertz CT molecular complexity index is 551. The van der Waals surface area contributed by atoms with Gasteiger partial charge in [0.25, 0.3) is 0 Å². The summed E-state index contributed by atoms with van der Waals surface area (Å²) < 4.78 is 2.11. The van der Waals surface area contributed by atoms with Crippen molar-refractivity contribution >= 4 is 22.2 Å². The van der Waals surface area contributed by atoms with Crippen LogP contribution in [-0.4, -0.2) is 9.55 Å². The highest BCUT2D eigenvalue weighted by Crippen LogP contribution is 2.20. The van der Waals surface area contributed by atoms with Crippen molar-refractivity contribution in [2.75, 3.05) is 0 Å². The molecule has 0 fully saturated rings. The summed E-state index contributed by atoms with van der Waals surface area (Å²) in [6.45, 7) is 0. The van der Waals surface area contributed by atoms with E-state index in [4.69, 9.17) is 0 Å². The number of aromatic nitrogens is 2. The molecule has 0 N–H and O–H groups in total. The van der Waals surface area contributed by atoms with Crippen LogP contribution < -0.4 is 0 Å². The van der Waals surface area contributed by atoms with Crippen LogP contribution in [0.25, 0.3) is 16.0 Å². The van der Waals surface area contributed by atoms with Gasteiger partial charge in [-0.1, -0.05) is 18.2 Å². The Balaban J connectivity index is 2.33. The van der Waals surface area contributed by atoms with Crippen molar-refractivity contribution in [2.24, 2.45) is 0 Å². The van der Waals surface area contributed by atoms with E-state index in [0.29, 0.717) is 0 Å². The molecule has 0 aliphatic carbocycles. The van der Waals surface area contributed by atoms with Crippen molar-refractivity contribution in [3.63, 3.8) is 0 Å². The zero-order valence-electron chi connectivity index (χ0n) is 7.42. The molecule has 2 heterocycles. The number of nitrogens with zero attached hydrogens (tertiary/aromatic N) is 2. The molecule has 0 spiro atoms. The fourth-order valence-corrected chi connectivity index (χ4v) is 2.22. The summed E-state index contributed by atoms with van der Waals surface area (Å²) in [5, 5.41) is 4.26. The Hall–Kier alpha value is -1.61. The van der Waals surface area contributed by atoms with E-state index in [9.17, 15) is 0 Å². The summed E-state index contributed by atoms with van der Waals surface area (Å²) in [6, 6.07) is 10.4. The minimum Gasteiger partial charge on any atom is -0.293 e. The van der Waals surface area contributed by atoms with Crippen molar-refractivity contribution in [1.29, 1.82) is 0 Å². The van der Waals surface area contributed by atoms with Crippen molar-refractivity contribution in [3.8, 4) is 5.13 Å². The molecular formula is C11H8N2S. The Morgan fingerprint density at radius 2 is 2.07 bits per heavy atom. The molecule has 3 heteroatoms. The number of thiazole rings is 1. The molecule has 2 aromatic heterocycles. The Morgan fingerprint density at radius 1 is 1.14 bits per heavy atom. The number of fused-ring (bicyclic) bond motifs is 1. The van der Waals surface area contributed by atoms with Gasteiger partial charge in [0.1, 0.15) is 0 Å². The van der Waals surface area contributed by atoms with E-state index < -0.39 is 0 Å². The smallest absolute Gasteiger partial charge is 0.193 e. The van der Waals surface area contributed by atoms with Crippen LogP contribution in [0, 0.1) is 0 Å². The first kappa shape index (κ1) is 7.76. The molecule has 1 aromatic carbocycles. The standard InChI is InChI=1S/C11H8N2S/c1-2-4-10-9(3-1)5-7-13(10)11-12-6-8-14-11/h1-8H. The van der Waals surface area contributed by atoms with E-state index >= 15 is 0 Å². The molecule has 14 heavy (non-hydrogen) atoms. The van der Waals surface area contributed by atoms with E-state index in [1.807, 2.05) is 17.6 Å². The second-order valence-electron chi connectivity index (χ2n) is 3.06. The highest BCUT2D eigenvalue weighted by molar-refractivity contribution is 7.12. The summed E-state index contributed by atoms with van der Waals surface area (Å²) in [5.74, 6) is 0. The van der Waals surface area contributed by atoms with Crippen LogP contribution in [-0.2, 0) is 0 Å². The number of rotatable bonds is 1. The Kier molecular flexibility index (Phi) is 1.64. The fourth-order valence-electron chi connectivity index (χ4n) is 1.58. The Morgan fingerprint density at radius 3 is 2.93 bits per heavy atom. The number of hydrogen-bond acceptors (Lipinski definition) is 2. The van der Waals surface area contributed by atoms with E-state index in [0.717, 1.165) is 5.13 Å². The van der Waals surface area contributed by atoms with Crippen LogP contribution in [0.4, 0.5) is 0 Å². The summed E-state index contributed by atoms with van der Waals surface area (Å²) in [4.78, 5) is 4.29. The van der Waals surface area contributed by atoms with Crippen LogP contribution in [0.1, 0.15) is 0 Å². The lowest BCUT2D eigenvalue weighted by Crippen LogP contribution is -1.88. The molecule has 0 bridgehead atoms. The van der Waals surface area contributed by atoms with Crippen LogP contribution in [0.5, 0.6) is 0 Å². The van der Waals surface area contributed by atoms with Gasteiger partial charge < -0.3 is 0 Å². The lowest BCUT2D eigenvalue weighted by atomic mass is 10.2. The van der Waals surface area contributed by atoms with Gasteiger partial charge in [0, 0.05) is 23.2 Å². The molecule has 0 aliphatic heterocycles. The Labute approximate surface area is 85.4 Å². The van der Waals surface area contributed by atoms with Gasteiger partial charge >= 0.3 is 0 Å². The van der Waals surface area contributed by atoms with Crippen LogP contribution in [0.15, 0.2) is 48.1 Å². The molecule has 0 saturated heterocycles. The van der Waals surface area contributed by atoms with Gasteiger partial charge in [0.05, 0.1) is 5.52 Å². The van der Waals surface area contributed by atoms with Crippen LogP contribution in [0.3, 0.4) is 0 Å². The monoisotopic (exact) mass is 200 g/mol. The summed E-state index contributed by atoms with van der Waals surface area (Å²) in [7, 11) is 0. The van der Waals surface area contributed by atoms with Gasteiger partial charge in [-0.2, -0.15) is 0 Å². The number of para-hydroxylation sites is 1. The van der Waals surface area contributed by atoms with Gasteiger partial charge in [0.2, 0.25) is 0 Å². The van der Waals surface area contributed by atoms with E-state index in [2.05, 4.69) is 40.0 Å². The number of hydrogen-bond donors (Lipinski definition) is 0. The first-order chi connectivity index (χ1) is 6.95. The van der Waals surface area contributed by atoms with Crippen molar-refractivity contribution in [2.45, 2.75) is 0 Å². The van der Waals surface area contributed by atoms with Gasteiger partial charge in [-0.3, -0.25) is 4.57 Å². The summed E-state index contributed by atoms with van der Waals surface area (Å²) in [6.07, 6.45) is 3.89. The molecule has 0 unspecified atom stereocenters. The molecule has 3 aromatic rings. The molecule has 0 atom stereocenters. The number of benzene rings is 1. The lowest BCUT2D eigenvalue weighted by molar-refractivity contribution is 1.09. The average Bonchev–Trinajstić information content (AvgIpc) is 2.85. The van der Waals surface area contributed by atoms with Gasteiger partial charge in [-0.25, -0.2) is 4.98 Å². The molecule has 3 rings (SSSR count). The minimum absolute atomic E-state index is 1.02. The maximum absolute atomic E-state index is 4.29. The molecule has 0 aliphatic rings. The lowest BCUT2D eigenvalue weighted by Gasteiger charge is -1.98. The summed E-state index contributed by atoms with van der Waals surface area (Å²) in [5.41, 5.74) is 1.21. The van der Waals surface area contributed by atoms with Crippen molar-refractivity contribution in [1.82, 2.24) is 9.55 Å². The van der Waals surface area contributed by atoms with E-state index in [-0.39, 0.29) is 0 Å². The SMILES string of the molecule is c1ccc2c(c1)ccn2-c1nccs1. The first-order valence-corrected chi connectivity index (χ1v) is 5.29. The zero-order chi connectivity index (χ0) is 9.38. The molecule has 0 saturated carbocycles. The molecular weight excluding hydrogens is 192 g/mol. The minimum atomic E-state index is 1.02. The topological polar surface area (TPSA) is 17.8 Å². The third kappa shape index (κ3) is 1.06. The molecule has 2 nitrogen and oxygen atoms in total. The van der Waals surface area contributed by atoms with Gasteiger partial charge in [-0.15, -0.1) is 11.3 Å². The second kappa shape index (κ2) is 2.96. The molecule has 68 valence electrons. The fraction of sp³-hybridized carbons (Fsp3) is 0. The van der Waals surface area contributed by atoms with Gasteiger partial charge in [-0.05, 0) is 12.1 Å². The third-order valence-corrected chi connectivity index (χ3v) is 3.00. The normalized spacial score (nSPS) is 10.9. The predicted molar refractivity (Wildman–Crippen MR) is 58.9 cm³/mol. The predicted octanol–water partition coefficient (Wildman–Crippen LogP) is 3.09. The third-order valence-electron chi connectivity index (χ3n) is 2.22. The van der Waals surface area contributed by atoms with Crippen LogP contribution >= 0.6 is 11.3 Å². The molecule has 0 radical (unpaired) electrons. The maximum Gasteiger partial charge on any atom is 0.193 e. The molecule has 0 amide bonds. The highest BCUT2D eigenvalue weighted by Gasteiger charge is 2.02. The van der Waals surface area contributed by atoms with Crippen molar-refractivity contribution < 1.29 is 0 Å². The average molecular weight is 200 g/mol. The van der Waals surface area contributed by atoms with Gasteiger partial charge in [0.15, 0.2) is 5.13 Å². The zero-order valence-corrected chi connectivity index (χ0v) is 8.24. The first-order valence-electron chi connectivity index (χ1n) is 4.41. The summed E-state index contributed by atoms with van der Waals surface area (Å²) >= 11 is 1.65. The van der Waals surface area contributed by atoms with Crippen molar-refractivity contribution in [3.05, 3.63) is 48.1 Å². The van der Waals surface area contributed by atoms with E-state index in [1.54, 1.807) is 11.3 Å². The van der Waals surface area contributed by atoms with E-state index in [1.165, 1.54) is 10.9 Å². The largest absolute Gasteiger partial charge is 0.293 e. The van der Waals surface area contributed by atoms with Crippen LogP contribution in [0.2, 0.25) is 0 Å². The quantitative estimate of drug-likeness (QED) is 0.590.